The second kappa shape index (κ2) is 6.93. The van der Waals surface area contributed by atoms with Gasteiger partial charge >= 0.3 is 0 Å². The highest BCUT2D eigenvalue weighted by molar-refractivity contribution is 6.14. The first kappa shape index (κ1) is 18.8. The molecule has 0 bridgehead atoms. The molecule has 5 rings (SSSR count). The number of unbranched alkanes of at least 4 members (excludes halogenated alkanes) is 1. The van der Waals surface area contributed by atoms with Gasteiger partial charge in [-0.2, -0.15) is 0 Å². The number of fused-ring (bicyclic) bond motifs is 5. The van der Waals surface area contributed by atoms with Gasteiger partial charge in [0.15, 0.2) is 11.5 Å². The van der Waals surface area contributed by atoms with E-state index in [1.165, 1.54) is 0 Å². The van der Waals surface area contributed by atoms with Crippen LogP contribution >= 0.6 is 0 Å². The number of carbonyl (C=O) groups is 2. The lowest BCUT2D eigenvalue weighted by Gasteiger charge is -2.25. The molecule has 156 valence electrons. The minimum Gasteiger partial charge on any atom is -0.491 e. The molecule has 2 amide bonds. The third-order valence-corrected chi connectivity index (χ3v) is 6.08. The Labute approximate surface area is 174 Å². The predicted molar refractivity (Wildman–Crippen MR) is 112 cm³/mol. The minimum absolute atomic E-state index is 0.0521. The van der Waals surface area contributed by atoms with Crippen molar-refractivity contribution in [3.63, 3.8) is 0 Å². The van der Waals surface area contributed by atoms with Crippen LogP contribution in [-0.4, -0.2) is 38.7 Å². The fraction of sp³-hybridized carbons (Fsp3) is 0.391. The normalized spacial score (nSPS) is 20.7. The molecule has 1 unspecified atom stereocenters. The highest BCUT2D eigenvalue weighted by Crippen LogP contribution is 2.56. The molecule has 1 spiro atoms. The molecule has 2 aromatic rings. The zero-order valence-electron chi connectivity index (χ0n) is 17.1. The zero-order valence-corrected chi connectivity index (χ0v) is 17.1. The molecule has 3 aliphatic rings. The molecule has 0 saturated heterocycles. The second-order valence-corrected chi connectivity index (χ2v) is 7.90. The van der Waals surface area contributed by atoms with Gasteiger partial charge in [0.2, 0.25) is 11.8 Å². The van der Waals surface area contributed by atoms with Crippen LogP contribution in [0.5, 0.6) is 17.2 Å². The molecule has 0 aromatic heterocycles. The van der Waals surface area contributed by atoms with E-state index in [0.717, 1.165) is 29.7 Å². The molecule has 7 heteroatoms. The summed E-state index contributed by atoms with van der Waals surface area (Å²) in [7, 11) is 1.76. The van der Waals surface area contributed by atoms with Crippen LogP contribution in [0.15, 0.2) is 30.3 Å². The van der Waals surface area contributed by atoms with E-state index in [1.54, 1.807) is 18.0 Å². The maximum Gasteiger partial charge on any atom is 0.245 e. The summed E-state index contributed by atoms with van der Waals surface area (Å²) >= 11 is 0. The average molecular weight is 408 g/mol. The third kappa shape index (κ3) is 2.57. The molecular weight excluding hydrogens is 384 g/mol. The van der Waals surface area contributed by atoms with E-state index in [4.69, 9.17) is 14.2 Å². The van der Waals surface area contributed by atoms with Gasteiger partial charge in [-0.3, -0.25) is 9.59 Å². The molecule has 7 nitrogen and oxygen atoms in total. The molecule has 0 aliphatic carbocycles. The summed E-state index contributed by atoms with van der Waals surface area (Å²) in [6.07, 6.45) is 2.21. The molecule has 3 heterocycles. The largest absolute Gasteiger partial charge is 0.491 e. The van der Waals surface area contributed by atoms with Gasteiger partial charge in [0, 0.05) is 36.3 Å². The quantitative estimate of drug-likeness (QED) is 0.841. The Bertz CT molecular complexity index is 1050. The first-order valence-corrected chi connectivity index (χ1v) is 10.3. The van der Waals surface area contributed by atoms with Crippen molar-refractivity contribution < 1.29 is 23.8 Å². The molecule has 0 saturated carbocycles. The van der Waals surface area contributed by atoms with Gasteiger partial charge in [-0.15, -0.1) is 0 Å². The highest BCUT2D eigenvalue weighted by atomic mass is 16.6. The Morgan fingerprint density at radius 3 is 2.67 bits per heavy atom. The van der Waals surface area contributed by atoms with E-state index in [1.807, 2.05) is 24.3 Å². The highest BCUT2D eigenvalue weighted by Gasteiger charge is 2.57. The van der Waals surface area contributed by atoms with E-state index in [0.29, 0.717) is 42.6 Å². The van der Waals surface area contributed by atoms with E-state index in [9.17, 15) is 9.59 Å². The summed E-state index contributed by atoms with van der Waals surface area (Å²) in [5.74, 6) is 1.71. The van der Waals surface area contributed by atoms with E-state index in [-0.39, 0.29) is 18.4 Å². The number of carbonyl (C=O) groups excluding carboxylic acids is 2. The first-order chi connectivity index (χ1) is 14.6. The Morgan fingerprint density at radius 1 is 1.13 bits per heavy atom. The Morgan fingerprint density at radius 2 is 1.90 bits per heavy atom. The summed E-state index contributed by atoms with van der Waals surface area (Å²) in [6.45, 7) is 3.16. The van der Waals surface area contributed by atoms with Crippen LogP contribution in [0.4, 0.5) is 11.4 Å². The molecule has 0 fully saturated rings. The smallest absolute Gasteiger partial charge is 0.245 e. The van der Waals surface area contributed by atoms with Crippen molar-refractivity contribution in [3.05, 3.63) is 41.5 Å². The standard InChI is InChI=1S/C23H24N2O5/c1-3-4-8-20(26)24-15-6-5-7-16-21(15)23(22(27)25(16)2)13-30-17-12-19-18(11-14(17)23)28-9-10-29-19/h5-7,11-12H,3-4,8-10,13H2,1-2H3,(H,24,26). The predicted octanol–water partition coefficient (Wildman–Crippen LogP) is 3.24. The van der Waals surface area contributed by atoms with Gasteiger partial charge in [0.25, 0.3) is 0 Å². The lowest BCUT2D eigenvalue weighted by Crippen LogP contribution is -2.41. The van der Waals surface area contributed by atoms with Gasteiger partial charge in [-0.1, -0.05) is 19.4 Å². The number of nitrogens with one attached hydrogen (secondary N) is 1. The van der Waals surface area contributed by atoms with Crippen LogP contribution in [0.2, 0.25) is 0 Å². The maximum absolute atomic E-state index is 13.6. The number of likely N-dealkylation sites (N-methyl/N-ethyl adjacent to an activating group) is 1. The Kier molecular flexibility index (Phi) is 4.34. The first-order valence-electron chi connectivity index (χ1n) is 10.3. The molecule has 1 atom stereocenters. The van der Waals surface area contributed by atoms with Crippen molar-refractivity contribution in [1.29, 1.82) is 0 Å². The maximum atomic E-state index is 13.6. The molecular formula is C23H24N2O5. The molecule has 30 heavy (non-hydrogen) atoms. The van der Waals surface area contributed by atoms with Gasteiger partial charge in [0.1, 0.15) is 31.0 Å². The topological polar surface area (TPSA) is 77.1 Å². The summed E-state index contributed by atoms with van der Waals surface area (Å²) in [6, 6.07) is 9.27. The van der Waals surface area contributed by atoms with E-state index in [2.05, 4.69) is 12.2 Å². The number of nitrogens with zero attached hydrogens (tertiary/aromatic N) is 1. The van der Waals surface area contributed by atoms with E-state index < -0.39 is 5.41 Å². The van der Waals surface area contributed by atoms with Crippen molar-refractivity contribution >= 4 is 23.2 Å². The van der Waals surface area contributed by atoms with Crippen molar-refractivity contribution in [2.45, 2.75) is 31.6 Å². The number of hydrogen-bond acceptors (Lipinski definition) is 5. The number of amides is 2. The van der Waals surface area contributed by atoms with Crippen LogP contribution in [0.1, 0.15) is 37.3 Å². The number of ether oxygens (including phenoxy) is 3. The van der Waals surface area contributed by atoms with Crippen molar-refractivity contribution in [3.8, 4) is 17.2 Å². The molecule has 3 aliphatic heterocycles. The van der Waals surface area contributed by atoms with Crippen LogP contribution < -0.4 is 24.4 Å². The lowest BCUT2D eigenvalue weighted by molar-refractivity contribution is -0.122. The zero-order chi connectivity index (χ0) is 20.9. The second-order valence-electron chi connectivity index (χ2n) is 7.90. The third-order valence-electron chi connectivity index (χ3n) is 6.08. The summed E-state index contributed by atoms with van der Waals surface area (Å²) in [5.41, 5.74) is 1.93. The van der Waals surface area contributed by atoms with Gasteiger partial charge in [-0.25, -0.2) is 0 Å². The van der Waals surface area contributed by atoms with E-state index >= 15 is 0 Å². The molecule has 1 N–H and O–H groups in total. The van der Waals surface area contributed by atoms with Crippen LogP contribution in [0.3, 0.4) is 0 Å². The fourth-order valence-corrected chi connectivity index (χ4v) is 4.60. The van der Waals surface area contributed by atoms with Crippen LogP contribution in [0.25, 0.3) is 0 Å². The fourth-order valence-electron chi connectivity index (χ4n) is 4.60. The van der Waals surface area contributed by atoms with Crippen molar-refractivity contribution in [2.24, 2.45) is 0 Å². The number of anilines is 2. The van der Waals surface area contributed by atoms with Crippen LogP contribution in [0, 0.1) is 0 Å². The SMILES string of the molecule is CCCCC(=O)Nc1cccc2c1C1(COc3cc4c(cc31)OCCO4)C(=O)N2C. The Balaban J connectivity index is 1.65. The van der Waals surface area contributed by atoms with Crippen LogP contribution in [-0.2, 0) is 15.0 Å². The van der Waals surface area contributed by atoms with Crippen molar-refractivity contribution in [1.82, 2.24) is 0 Å². The van der Waals surface area contributed by atoms with Gasteiger partial charge in [0.05, 0.1) is 5.69 Å². The summed E-state index contributed by atoms with van der Waals surface area (Å²) in [5, 5.41) is 3.03. The molecule has 0 radical (unpaired) electrons. The van der Waals surface area contributed by atoms with Gasteiger partial charge < -0.3 is 24.4 Å². The average Bonchev–Trinajstić information content (AvgIpc) is 3.23. The monoisotopic (exact) mass is 408 g/mol. The molecule has 2 aromatic carbocycles. The summed E-state index contributed by atoms with van der Waals surface area (Å²) < 4.78 is 17.4. The lowest BCUT2D eigenvalue weighted by atomic mass is 9.76. The minimum atomic E-state index is -1.02. The van der Waals surface area contributed by atoms with Gasteiger partial charge in [-0.05, 0) is 24.6 Å². The number of hydrogen-bond donors (Lipinski definition) is 1. The van der Waals surface area contributed by atoms with Crippen molar-refractivity contribution in [2.75, 3.05) is 37.1 Å². The number of benzene rings is 2. The number of rotatable bonds is 4. The summed E-state index contributed by atoms with van der Waals surface area (Å²) in [4.78, 5) is 27.7. The Hall–Kier alpha value is -3.22.